The lowest BCUT2D eigenvalue weighted by molar-refractivity contribution is 0.0428. The van der Waals surface area contributed by atoms with Crippen molar-refractivity contribution in [3.63, 3.8) is 0 Å². The number of urea groups is 1. The highest BCUT2D eigenvalue weighted by molar-refractivity contribution is 5.89. The van der Waals surface area contributed by atoms with Crippen LogP contribution in [0.4, 0.5) is 10.5 Å². The lowest BCUT2D eigenvalue weighted by Crippen LogP contribution is -2.44. The number of likely N-dealkylation sites (tertiary alicyclic amines) is 1. The molecule has 0 bridgehead atoms. The first-order valence-electron chi connectivity index (χ1n) is 11.0. The van der Waals surface area contributed by atoms with Gasteiger partial charge in [-0.25, -0.2) is 4.79 Å². The number of aryl methyl sites for hydroxylation is 2. The van der Waals surface area contributed by atoms with Crippen LogP contribution in [0.2, 0.25) is 0 Å². The summed E-state index contributed by atoms with van der Waals surface area (Å²) in [5.74, 6) is 0. The summed E-state index contributed by atoms with van der Waals surface area (Å²) in [5.41, 5.74) is 3.09. The van der Waals surface area contributed by atoms with Crippen LogP contribution in [0, 0.1) is 13.8 Å². The van der Waals surface area contributed by atoms with Crippen molar-refractivity contribution in [2.24, 2.45) is 0 Å². The minimum Gasteiger partial charge on any atom is -0.379 e. The van der Waals surface area contributed by atoms with E-state index in [-0.39, 0.29) is 12.1 Å². The highest BCUT2D eigenvalue weighted by Crippen LogP contribution is 2.31. The molecule has 3 aromatic rings. The minimum absolute atomic E-state index is 0.0230. The van der Waals surface area contributed by atoms with Gasteiger partial charge in [-0.1, -0.05) is 60.7 Å². The van der Waals surface area contributed by atoms with Crippen molar-refractivity contribution >= 4 is 11.7 Å². The number of aliphatic hydroxyl groups is 1. The Kier molecular flexibility index (Phi) is 6.53. The molecule has 1 atom stereocenters. The summed E-state index contributed by atoms with van der Waals surface area (Å²) in [6.07, 6.45) is 0.835. The molecular formula is C26H30N4O2. The van der Waals surface area contributed by atoms with E-state index in [1.807, 2.05) is 86.6 Å². The van der Waals surface area contributed by atoms with Crippen LogP contribution in [0.3, 0.4) is 0 Å². The second-order valence-corrected chi connectivity index (χ2v) is 8.55. The van der Waals surface area contributed by atoms with E-state index < -0.39 is 5.60 Å². The molecule has 1 unspecified atom stereocenters. The Morgan fingerprint density at radius 2 is 1.59 bits per heavy atom. The number of amides is 2. The second kappa shape index (κ2) is 9.51. The molecule has 0 saturated carbocycles. The molecule has 1 aromatic heterocycles. The maximum Gasteiger partial charge on any atom is 0.319 e. The topological polar surface area (TPSA) is 77.5 Å². The number of benzene rings is 2. The maximum absolute atomic E-state index is 12.5. The lowest BCUT2D eigenvalue weighted by atomic mass is 9.86. The summed E-state index contributed by atoms with van der Waals surface area (Å²) in [5, 5.41) is 17.8. The first-order chi connectivity index (χ1) is 15.4. The highest BCUT2D eigenvalue weighted by Gasteiger charge is 2.36. The monoisotopic (exact) mass is 430 g/mol. The normalized spacial score (nSPS) is 16.7. The number of nitrogens with one attached hydrogen (secondary N) is 2. The third-order valence-corrected chi connectivity index (χ3v) is 5.90. The second-order valence-electron chi connectivity index (χ2n) is 8.55. The van der Waals surface area contributed by atoms with Crippen molar-refractivity contribution in [1.29, 1.82) is 0 Å². The van der Waals surface area contributed by atoms with Crippen LogP contribution in [0.5, 0.6) is 0 Å². The molecule has 0 aliphatic carbocycles. The van der Waals surface area contributed by atoms with Gasteiger partial charge in [-0.15, -0.1) is 0 Å². The number of nitrogens with zero attached hydrogens (tertiary/aromatic N) is 2. The van der Waals surface area contributed by atoms with Crippen molar-refractivity contribution in [3.05, 3.63) is 95.3 Å². The summed E-state index contributed by atoms with van der Waals surface area (Å²) in [6.45, 7) is 5.77. The van der Waals surface area contributed by atoms with Gasteiger partial charge >= 0.3 is 6.03 Å². The molecule has 1 aliphatic heterocycles. The molecule has 6 heteroatoms. The fourth-order valence-electron chi connectivity index (χ4n) is 4.45. The van der Waals surface area contributed by atoms with Crippen LogP contribution in [-0.4, -0.2) is 46.7 Å². The predicted molar refractivity (Wildman–Crippen MR) is 127 cm³/mol. The van der Waals surface area contributed by atoms with Gasteiger partial charge in [0.2, 0.25) is 0 Å². The molecule has 0 radical (unpaired) electrons. The van der Waals surface area contributed by atoms with Gasteiger partial charge in [-0.3, -0.25) is 9.88 Å². The van der Waals surface area contributed by atoms with E-state index in [1.54, 1.807) is 0 Å². The van der Waals surface area contributed by atoms with E-state index in [1.165, 1.54) is 0 Å². The third-order valence-electron chi connectivity index (χ3n) is 5.90. The molecule has 4 rings (SSSR count). The average molecular weight is 431 g/mol. The predicted octanol–water partition coefficient (Wildman–Crippen LogP) is 3.83. The number of aromatic nitrogens is 1. The van der Waals surface area contributed by atoms with Gasteiger partial charge in [0.15, 0.2) is 0 Å². The van der Waals surface area contributed by atoms with Crippen molar-refractivity contribution in [1.82, 2.24) is 15.2 Å². The molecule has 3 N–H and O–H groups in total. The van der Waals surface area contributed by atoms with Crippen molar-refractivity contribution in [2.45, 2.75) is 31.9 Å². The van der Waals surface area contributed by atoms with Crippen LogP contribution < -0.4 is 10.6 Å². The number of hydrogen-bond donors (Lipinski definition) is 3. The minimum atomic E-state index is -1.12. The number of carbonyl (C=O) groups excluding carboxylic acids is 1. The Hall–Kier alpha value is -3.22. The van der Waals surface area contributed by atoms with Crippen molar-refractivity contribution in [2.75, 3.05) is 25.0 Å². The molecule has 166 valence electrons. The van der Waals surface area contributed by atoms with Gasteiger partial charge in [0.05, 0.1) is 0 Å². The molecule has 32 heavy (non-hydrogen) atoms. The summed E-state index contributed by atoms with van der Waals surface area (Å²) in [6, 6.07) is 23.1. The Balaban J connectivity index is 1.41. The Morgan fingerprint density at radius 3 is 2.16 bits per heavy atom. The van der Waals surface area contributed by atoms with E-state index in [0.29, 0.717) is 13.1 Å². The average Bonchev–Trinajstić information content (AvgIpc) is 3.20. The number of anilines is 1. The lowest BCUT2D eigenvalue weighted by Gasteiger charge is -2.33. The van der Waals surface area contributed by atoms with Crippen LogP contribution in [0.25, 0.3) is 0 Å². The Morgan fingerprint density at radius 1 is 1.03 bits per heavy atom. The maximum atomic E-state index is 12.5. The summed E-state index contributed by atoms with van der Waals surface area (Å²) in [4.78, 5) is 19.1. The van der Waals surface area contributed by atoms with Crippen LogP contribution in [-0.2, 0) is 5.60 Å². The van der Waals surface area contributed by atoms with E-state index >= 15 is 0 Å². The number of hydrogen-bond acceptors (Lipinski definition) is 4. The Bertz CT molecular complexity index is 996. The van der Waals surface area contributed by atoms with Gasteiger partial charge in [0.1, 0.15) is 5.60 Å². The molecule has 6 nitrogen and oxygen atoms in total. The van der Waals surface area contributed by atoms with Crippen LogP contribution in [0.1, 0.15) is 28.9 Å². The number of rotatable bonds is 6. The number of β-amino-alcohol motifs (C(OH)–C–C–N with tert-alkyl or cyclic N) is 1. The highest BCUT2D eigenvalue weighted by atomic mass is 16.3. The van der Waals surface area contributed by atoms with Gasteiger partial charge in [0.25, 0.3) is 0 Å². The molecule has 2 heterocycles. The molecule has 1 saturated heterocycles. The molecule has 0 spiro atoms. The van der Waals surface area contributed by atoms with E-state index in [0.717, 1.165) is 41.2 Å². The zero-order valence-electron chi connectivity index (χ0n) is 18.6. The Labute approximate surface area is 189 Å². The third kappa shape index (κ3) is 5.15. The molecule has 2 amide bonds. The number of pyridine rings is 1. The molecular weight excluding hydrogens is 400 g/mol. The van der Waals surface area contributed by atoms with E-state index in [9.17, 15) is 9.90 Å². The SMILES string of the molecule is Cc1cc(NC(=O)NC2CCN(CC(O)(c3ccccc3)c3ccccc3)C2)cc(C)n1. The molecule has 2 aromatic carbocycles. The summed E-state index contributed by atoms with van der Waals surface area (Å²) >= 11 is 0. The fourth-order valence-corrected chi connectivity index (χ4v) is 4.45. The number of carbonyl (C=O) groups is 1. The standard InChI is InChI=1S/C26H30N4O2/c1-19-15-24(16-20(2)27-19)29-25(31)28-23-13-14-30(17-23)18-26(32,21-9-5-3-6-10-21)22-11-7-4-8-12-22/h3-12,15-16,23,32H,13-14,17-18H2,1-2H3,(H2,27,28,29,31). The summed E-state index contributed by atoms with van der Waals surface area (Å²) in [7, 11) is 0. The van der Waals surface area contributed by atoms with Gasteiger partial charge < -0.3 is 15.7 Å². The molecule has 1 fully saturated rings. The van der Waals surface area contributed by atoms with Crippen molar-refractivity contribution < 1.29 is 9.90 Å². The van der Waals surface area contributed by atoms with Crippen molar-refractivity contribution in [3.8, 4) is 0 Å². The first-order valence-corrected chi connectivity index (χ1v) is 11.0. The van der Waals surface area contributed by atoms with Gasteiger partial charge in [-0.05, 0) is 43.5 Å². The van der Waals surface area contributed by atoms with Crippen LogP contribution in [0.15, 0.2) is 72.8 Å². The van der Waals surface area contributed by atoms with Gasteiger partial charge in [0, 0.05) is 42.8 Å². The smallest absolute Gasteiger partial charge is 0.319 e. The van der Waals surface area contributed by atoms with E-state index in [2.05, 4.69) is 20.5 Å². The van der Waals surface area contributed by atoms with Gasteiger partial charge in [-0.2, -0.15) is 0 Å². The van der Waals surface area contributed by atoms with Crippen LogP contribution >= 0.6 is 0 Å². The molecule has 1 aliphatic rings. The van der Waals surface area contributed by atoms with E-state index in [4.69, 9.17) is 0 Å². The first kappa shape index (κ1) is 22.0. The quantitative estimate of drug-likeness (QED) is 0.555. The summed E-state index contributed by atoms with van der Waals surface area (Å²) < 4.78 is 0. The largest absolute Gasteiger partial charge is 0.379 e. The zero-order valence-corrected chi connectivity index (χ0v) is 18.6. The fraction of sp³-hybridized carbons (Fsp3) is 0.308. The zero-order chi connectivity index (χ0) is 22.6.